The molecule has 3 nitrogen and oxygen atoms in total. The van der Waals surface area contributed by atoms with Gasteiger partial charge in [-0.25, -0.2) is 0 Å². The van der Waals surface area contributed by atoms with Crippen LogP contribution in [0.15, 0.2) is 18.2 Å². The Hall–Kier alpha value is -1.16. The van der Waals surface area contributed by atoms with Crippen molar-refractivity contribution >= 4 is 24.2 Å². The minimum absolute atomic E-state index is 0.100. The number of ether oxygens (including phenoxy) is 1. The minimum atomic E-state index is -0.105. The number of rotatable bonds is 1. The Bertz CT molecular complexity index is 351. The Kier molecular flexibility index (Phi) is 2.14. The summed E-state index contributed by atoms with van der Waals surface area (Å²) in [5.74, 6) is 1.29. The molecule has 0 bridgehead atoms. The van der Waals surface area contributed by atoms with Crippen molar-refractivity contribution in [3.05, 3.63) is 23.8 Å². The summed E-state index contributed by atoms with van der Waals surface area (Å²) < 4.78 is 5.23. The van der Waals surface area contributed by atoms with E-state index < -0.39 is 0 Å². The summed E-state index contributed by atoms with van der Waals surface area (Å²) in [6.07, 6.45) is 0. The van der Waals surface area contributed by atoms with Crippen LogP contribution in [0.25, 0.3) is 0 Å². The summed E-state index contributed by atoms with van der Waals surface area (Å²) in [6.45, 7) is 0.100. The molecule has 2 rings (SSSR count). The molecule has 1 amide bonds. The molecule has 0 fully saturated rings. The minimum Gasteiger partial charge on any atom is -0.482 e. The molecule has 0 saturated heterocycles. The molecule has 0 atom stereocenters. The summed E-state index contributed by atoms with van der Waals surface area (Å²) in [5.41, 5.74) is 1.82. The molecule has 13 heavy (non-hydrogen) atoms. The fourth-order valence-corrected chi connectivity index (χ4v) is 1.41. The van der Waals surface area contributed by atoms with E-state index in [4.69, 9.17) is 4.74 Å². The predicted molar refractivity (Wildman–Crippen MR) is 53.3 cm³/mol. The SMILES string of the molecule is O=C1COc2cc(CS)ccc2N1. The van der Waals surface area contributed by atoms with Gasteiger partial charge in [0.15, 0.2) is 6.61 Å². The van der Waals surface area contributed by atoms with Gasteiger partial charge in [0, 0.05) is 5.75 Å². The van der Waals surface area contributed by atoms with Gasteiger partial charge < -0.3 is 10.1 Å². The predicted octanol–water partition coefficient (Wildman–Crippen LogP) is 1.45. The van der Waals surface area contributed by atoms with Gasteiger partial charge in [0.25, 0.3) is 5.91 Å². The highest BCUT2D eigenvalue weighted by molar-refractivity contribution is 7.79. The number of fused-ring (bicyclic) bond motifs is 1. The fourth-order valence-electron chi connectivity index (χ4n) is 1.22. The third kappa shape index (κ3) is 1.62. The molecule has 1 aliphatic rings. The summed E-state index contributed by atoms with van der Waals surface area (Å²) in [7, 11) is 0. The molecule has 0 saturated carbocycles. The molecule has 0 spiro atoms. The zero-order valence-corrected chi connectivity index (χ0v) is 7.80. The van der Waals surface area contributed by atoms with E-state index in [0.717, 1.165) is 17.0 Å². The molecule has 0 radical (unpaired) electrons. The molecule has 68 valence electrons. The average molecular weight is 195 g/mol. The standard InChI is InChI=1S/C9H9NO2S/c11-9-4-12-8-3-6(5-13)1-2-7(8)10-9/h1-3,13H,4-5H2,(H,10,11). The third-order valence-electron chi connectivity index (χ3n) is 1.86. The molecule has 1 aromatic carbocycles. The quantitative estimate of drug-likeness (QED) is 0.666. The van der Waals surface area contributed by atoms with Gasteiger partial charge in [-0.05, 0) is 17.7 Å². The number of nitrogens with one attached hydrogen (secondary N) is 1. The van der Waals surface area contributed by atoms with Crippen LogP contribution in [0.1, 0.15) is 5.56 Å². The van der Waals surface area contributed by atoms with Gasteiger partial charge in [-0.2, -0.15) is 12.6 Å². The lowest BCUT2D eigenvalue weighted by atomic mass is 10.2. The van der Waals surface area contributed by atoms with E-state index in [9.17, 15) is 4.79 Å². The number of benzene rings is 1. The molecule has 0 aromatic heterocycles. The molecular weight excluding hydrogens is 186 g/mol. The summed E-state index contributed by atoms with van der Waals surface area (Å²) in [5, 5.41) is 2.72. The van der Waals surface area contributed by atoms with Crippen molar-refractivity contribution in [2.24, 2.45) is 0 Å². The molecule has 1 N–H and O–H groups in total. The summed E-state index contributed by atoms with van der Waals surface area (Å²) in [4.78, 5) is 10.9. The Balaban J connectivity index is 2.36. The van der Waals surface area contributed by atoms with Crippen molar-refractivity contribution in [3.63, 3.8) is 0 Å². The highest BCUT2D eigenvalue weighted by Gasteiger charge is 2.15. The smallest absolute Gasteiger partial charge is 0.262 e. The molecule has 1 aromatic rings. The van der Waals surface area contributed by atoms with Crippen LogP contribution in [-0.4, -0.2) is 12.5 Å². The maximum absolute atomic E-state index is 10.9. The first-order valence-electron chi connectivity index (χ1n) is 3.96. The second kappa shape index (κ2) is 3.30. The Morgan fingerprint density at radius 3 is 3.15 bits per heavy atom. The van der Waals surface area contributed by atoms with E-state index in [2.05, 4.69) is 17.9 Å². The lowest BCUT2D eigenvalue weighted by Gasteiger charge is -2.18. The second-order valence-electron chi connectivity index (χ2n) is 2.83. The maximum atomic E-state index is 10.9. The molecule has 4 heteroatoms. The van der Waals surface area contributed by atoms with Gasteiger partial charge in [-0.15, -0.1) is 0 Å². The van der Waals surface area contributed by atoms with Crippen LogP contribution in [0.2, 0.25) is 0 Å². The highest BCUT2D eigenvalue weighted by atomic mass is 32.1. The van der Waals surface area contributed by atoms with E-state index in [1.54, 1.807) is 0 Å². The van der Waals surface area contributed by atoms with Crippen molar-refractivity contribution in [2.75, 3.05) is 11.9 Å². The number of anilines is 1. The largest absolute Gasteiger partial charge is 0.482 e. The first-order chi connectivity index (χ1) is 6.29. The Morgan fingerprint density at radius 1 is 1.54 bits per heavy atom. The van der Waals surface area contributed by atoms with Crippen LogP contribution in [0, 0.1) is 0 Å². The van der Waals surface area contributed by atoms with Crippen LogP contribution >= 0.6 is 12.6 Å². The van der Waals surface area contributed by atoms with E-state index in [1.807, 2.05) is 18.2 Å². The Morgan fingerprint density at radius 2 is 2.38 bits per heavy atom. The fraction of sp³-hybridized carbons (Fsp3) is 0.222. The number of carbonyl (C=O) groups is 1. The molecule has 1 aliphatic heterocycles. The van der Waals surface area contributed by atoms with Crippen LogP contribution < -0.4 is 10.1 Å². The number of hydrogen-bond donors (Lipinski definition) is 2. The first-order valence-corrected chi connectivity index (χ1v) is 4.59. The number of thiol groups is 1. The van der Waals surface area contributed by atoms with Crippen LogP contribution in [0.5, 0.6) is 5.75 Å². The highest BCUT2D eigenvalue weighted by Crippen LogP contribution is 2.28. The van der Waals surface area contributed by atoms with E-state index in [0.29, 0.717) is 5.75 Å². The van der Waals surface area contributed by atoms with Gasteiger partial charge >= 0.3 is 0 Å². The maximum Gasteiger partial charge on any atom is 0.262 e. The molecular formula is C9H9NO2S. The molecule has 0 aliphatic carbocycles. The van der Waals surface area contributed by atoms with Crippen LogP contribution in [-0.2, 0) is 10.5 Å². The zero-order valence-electron chi connectivity index (χ0n) is 6.91. The van der Waals surface area contributed by atoms with Crippen molar-refractivity contribution in [1.29, 1.82) is 0 Å². The number of hydrogen-bond acceptors (Lipinski definition) is 3. The monoisotopic (exact) mass is 195 g/mol. The van der Waals surface area contributed by atoms with Gasteiger partial charge in [0.1, 0.15) is 5.75 Å². The summed E-state index contributed by atoms with van der Waals surface area (Å²) >= 11 is 4.15. The van der Waals surface area contributed by atoms with Crippen LogP contribution in [0.4, 0.5) is 5.69 Å². The van der Waals surface area contributed by atoms with Gasteiger partial charge in [0.2, 0.25) is 0 Å². The van der Waals surface area contributed by atoms with Crippen LogP contribution in [0.3, 0.4) is 0 Å². The molecule has 0 unspecified atom stereocenters. The van der Waals surface area contributed by atoms with E-state index >= 15 is 0 Å². The molecule has 1 heterocycles. The summed E-state index contributed by atoms with van der Waals surface area (Å²) in [6, 6.07) is 5.64. The number of amides is 1. The van der Waals surface area contributed by atoms with Crippen molar-refractivity contribution in [3.8, 4) is 5.75 Å². The van der Waals surface area contributed by atoms with Gasteiger partial charge in [-0.3, -0.25) is 4.79 Å². The van der Waals surface area contributed by atoms with E-state index in [-0.39, 0.29) is 12.5 Å². The third-order valence-corrected chi connectivity index (χ3v) is 2.23. The number of carbonyl (C=O) groups excluding carboxylic acids is 1. The van der Waals surface area contributed by atoms with Crippen molar-refractivity contribution < 1.29 is 9.53 Å². The topological polar surface area (TPSA) is 38.3 Å². The van der Waals surface area contributed by atoms with Gasteiger partial charge in [0.05, 0.1) is 5.69 Å². The van der Waals surface area contributed by atoms with Crippen molar-refractivity contribution in [1.82, 2.24) is 0 Å². The van der Waals surface area contributed by atoms with E-state index in [1.165, 1.54) is 0 Å². The van der Waals surface area contributed by atoms with Gasteiger partial charge in [-0.1, -0.05) is 6.07 Å². The second-order valence-corrected chi connectivity index (χ2v) is 3.14. The Labute approximate surface area is 81.5 Å². The first kappa shape index (κ1) is 8.44. The van der Waals surface area contributed by atoms with Crippen molar-refractivity contribution in [2.45, 2.75) is 5.75 Å². The average Bonchev–Trinajstić information content (AvgIpc) is 2.17. The lowest BCUT2D eigenvalue weighted by molar-refractivity contribution is -0.118. The zero-order chi connectivity index (χ0) is 9.26. The lowest BCUT2D eigenvalue weighted by Crippen LogP contribution is -2.25. The normalized spacial score (nSPS) is 14.4.